The van der Waals surface area contributed by atoms with E-state index in [-0.39, 0.29) is 6.61 Å². The van der Waals surface area contributed by atoms with Gasteiger partial charge in [-0.3, -0.25) is 0 Å². The summed E-state index contributed by atoms with van der Waals surface area (Å²) in [6.45, 7) is 3.40. The number of hydrogen-bond acceptors (Lipinski definition) is 5. The molecule has 6 heteroatoms. The van der Waals surface area contributed by atoms with Crippen molar-refractivity contribution in [3.63, 3.8) is 0 Å². The van der Waals surface area contributed by atoms with E-state index in [0.29, 0.717) is 19.0 Å². The fraction of sp³-hybridized carbons (Fsp3) is 0.857. The molecular formula is C14H24N2O4. The van der Waals surface area contributed by atoms with Crippen LogP contribution in [0.25, 0.3) is 0 Å². The standard InChI is InChI=1S/C14H24N2O4/c1-11-5-4-6-14(9-11)10-16(13(18)20-14)12(17)19-8-7-15(2)3/h11H,4-10H2,1-3H3/t11-,14?/m0/s1. The molecule has 1 unspecified atom stereocenters. The van der Waals surface area contributed by atoms with Gasteiger partial charge in [-0.25, -0.2) is 14.5 Å². The lowest BCUT2D eigenvalue weighted by molar-refractivity contribution is 0.0101. The molecule has 2 aliphatic rings. The number of carbonyl (C=O) groups is 2. The van der Waals surface area contributed by atoms with Gasteiger partial charge in [0.05, 0.1) is 6.54 Å². The summed E-state index contributed by atoms with van der Waals surface area (Å²) in [6, 6.07) is 0. The summed E-state index contributed by atoms with van der Waals surface area (Å²) in [6.07, 6.45) is 2.72. The lowest BCUT2D eigenvalue weighted by Gasteiger charge is -2.34. The van der Waals surface area contributed by atoms with Gasteiger partial charge in [-0.1, -0.05) is 13.3 Å². The Bertz CT molecular complexity index is 385. The summed E-state index contributed by atoms with van der Waals surface area (Å²) in [5, 5.41) is 0. The smallest absolute Gasteiger partial charge is 0.420 e. The van der Waals surface area contributed by atoms with Crippen molar-refractivity contribution in [2.45, 2.75) is 38.2 Å². The van der Waals surface area contributed by atoms with Crippen LogP contribution in [-0.4, -0.2) is 61.4 Å². The highest BCUT2D eigenvalue weighted by atomic mass is 16.6. The number of amides is 2. The van der Waals surface area contributed by atoms with Gasteiger partial charge < -0.3 is 14.4 Å². The second kappa shape index (κ2) is 5.99. The van der Waals surface area contributed by atoms with Crippen molar-refractivity contribution in [1.29, 1.82) is 0 Å². The van der Waals surface area contributed by atoms with E-state index in [1.807, 2.05) is 19.0 Å². The summed E-state index contributed by atoms with van der Waals surface area (Å²) in [7, 11) is 3.80. The van der Waals surface area contributed by atoms with Crippen LogP contribution in [0.1, 0.15) is 32.6 Å². The summed E-state index contributed by atoms with van der Waals surface area (Å²) in [4.78, 5) is 26.8. The van der Waals surface area contributed by atoms with Gasteiger partial charge in [0.2, 0.25) is 0 Å². The molecule has 2 amide bonds. The van der Waals surface area contributed by atoms with E-state index in [9.17, 15) is 9.59 Å². The highest BCUT2D eigenvalue weighted by Crippen LogP contribution is 2.39. The van der Waals surface area contributed by atoms with Crippen molar-refractivity contribution < 1.29 is 19.1 Å². The Hall–Kier alpha value is -1.30. The Kier molecular flexibility index (Phi) is 4.52. The normalized spacial score (nSPS) is 29.9. The highest BCUT2D eigenvalue weighted by Gasteiger charge is 2.49. The Labute approximate surface area is 120 Å². The van der Waals surface area contributed by atoms with Gasteiger partial charge in [0.15, 0.2) is 0 Å². The van der Waals surface area contributed by atoms with Crippen molar-refractivity contribution in [2.24, 2.45) is 5.92 Å². The first kappa shape index (κ1) is 15.1. The van der Waals surface area contributed by atoms with Gasteiger partial charge >= 0.3 is 12.2 Å². The van der Waals surface area contributed by atoms with Crippen molar-refractivity contribution in [3.8, 4) is 0 Å². The predicted octanol–water partition coefficient (Wildman–Crippen LogP) is 2.09. The number of hydrogen-bond donors (Lipinski definition) is 0. The van der Waals surface area contributed by atoms with E-state index in [1.165, 1.54) is 0 Å². The molecule has 2 rings (SSSR count). The molecule has 2 fully saturated rings. The fourth-order valence-corrected chi connectivity index (χ4v) is 3.01. The monoisotopic (exact) mass is 284 g/mol. The maximum atomic E-state index is 11.9. The molecular weight excluding hydrogens is 260 g/mol. The molecule has 0 bridgehead atoms. The molecule has 114 valence electrons. The van der Waals surface area contributed by atoms with Crippen LogP contribution in [-0.2, 0) is 9.47 Å². The van der Waals surface area contributed by atoms with Gasteiger partial charge in [-0.15, -0.1) is 0 Å². The lowest BCUT2D eigenvalue weighted by Crippen LogP contribution is -2.40. The highest BCUT2D eigenvalue weighted by molar-refractivity contribution is 5.89. The van der Waals surface area contributed by atoms with Crippen LogP contribution < -0.4 is 0 Å². The van der Waals surface area contributed by atoms with Crippen LogP contribution >= 0.6 is 0 Å². The van der Waals surface area contributed by atoms with Gasteiger partial charge in [0.1, 0.15) is 12.2 Å². The van der Waals surface area contributed by atoms with Crippen LogP contribution in [0.15, 0.2) is 0 Å². The molecule has 0 N–H and O–H groups in total. The van der Waals surface area contributed by atoms with E-state index in [2.05, 4.69) is 6.92 Å². The van der Waals surface area contributed by atoms with Crippen LogP contribution in [0.2, 0.25) is 0 Å². The SMILES string of the molecule is C[C@H]1CCCC2(C1)CN(C(=O)OCCN(C)C)C(=O)O2. The van der Waals surface area contributed by atoms with Crippen molar-refractivity contribution in [1.82, 2.24) is 9.80 Å². The molecule has 1 heterocycles. The number of rotatable bonds is 3. The molecule has 0 radical (unpaired) electrons. The van der Waals surface area contributed by atoms with Crippen LogP contribution in [0.5, 0.6) is 0 Å². The van der Waals surface area contributed by atoms with Crippen LogP contribution in [0.3, 0.4) is 0 Å². The zero-order valence-corrected chi connectivity index (χ0v) is 12.6. The first-order chi connectivity index (χ1) is 9.42. The number of ether oxygens (including phenoxy) is 2. The quantitative estimate of drug-likeness (QED) is 0.794. The molecule has 1 aliphatic carbocycles. The third-order valence-electron chi connectivity index (χ3n) is 4.00. The average Bonchev–Trinajstić information content (AvgIpc) is 2.65. The minimum Gasteiger partial charge on any atom is -0.448 e. The molecule has 0 aromatic heterocycles. The Morgan fingerprint density at radius 2 is 2.30 bits per heavy atom. The van der Waals surface area contributed by atoms with Crippen LogP contribution in [0.4, 0.5) is 9.59 Å². The van der Waals surface area contributed by atoms with Crippen molar-refractivity contribution in [3.05, 3.63) is 0 Å². The predicted molar refractivity (Wildman–Crippen MR) is 73.5 cm³/mol. The molecule has 1 saturated heterocycles. The third kappa shape index (κ3) is 3.42. The molecule has 20 heavy (non-hydrogen) atoms. The van der Waals surface area contributed by atoms with Gasteiger partial charge in [0.25, 0.3) is 0 Å². The van der Waals surface area contributed by atoms with E-state index in [1.54, 1.807) is 0 Å². The molecule has 1 spiro atoms. The van der Waals surface area contributed by atoms with Gasteiger partial charge in [-0.05, 0) is 39.3 Å². The van der Waals surface area contributed by atoms with Gasteiger partial charge in [0, 0.05) is 6.54 Å². The number of nitrogens with zero attached hydrogens (tertiary/aromatic N) is 2. The minimum absolute atomic E-state index is 0.277. The van der Waals surface area contributed by atoms with Crippen molar-refractivity contribution >= 4 is 12.2 Å². The van der Waals surface area contributed by atoms with E-state index >= 15 is 0 Å². The minimum atomic E-state index is -0.591. The van der Waals surface area contributed by atoms with Gasteiger partial charge in [-0.2, -0.15) is 0 Å². The third-order valence-corrected chi connectivity index (χ3v) is 4.00. The Balaban J connectivity index is 1.90. The second-order valence-corrected chi connectivity index (χ2v) is 6.26. The summed E-state index contributed by atoms with van der Waals surface area (Å²) in [5.74, 6) is 0.529. The maximum absolute atomic E-state index is 11.9. The van der Waals surface area contributed by atoms with E-state index < -0.39 is 17.8 Å². The number of imide groups is 1. The zero-order chi connectivity index (χ0) is 14.8. The second-order valence-electron chi connectivity index (χ2n) is 6.26. The number of likely N-dealkylation sites (N-methyl/N-ethyl adjacent to an activating group) is 1. The first-order valence-electron chi connectivity index (χ1n) is 7.24. The van der Waals surface area contributed by atoms with E-state index in [0.717, 1.165) is 30.6 Å². The fourth-order valence-electron chi connectivity index (χ4n) is 3.01. The molecule has 2 atom stereocenters. The lowest BCUT2D eigenvalue weighted by atomic mass is 9.79. The Morgan fingerprint density at radius 1 is 1.55 bits per heavy atom. The average molecular weight is 284 g/mol. The maximum Gasteiger partial charge on any atom is 0.420 e. The zero-order valence-electron chi connectivity index (χ0n) is 12.6. The van der Waals surface area contributed by atoms with Crippen molar-refractivity contribution in [2.75, 3.05) is 33.8 Å². The summed E-state index contributed by atoms with van der Waals surface area (Å²) >= 11 is 0. The first-order valence-corrected chi connectivity index (χ1v) is 7.24. The molecule has 6 nitrogen and oxygen atoms in total. The molecule has 1 saturated carbocycles. The largest absolute Gasteiger partial charge is 0.448 e. The van der Waals surface area contributed by atoms with Crippen LogP contribution in [0, 0.1) is 5.92 Å². The Morgan fingerprint density at radius 3 is 2.95 bits per heavy atom. The molecule has 1 aliphatic heterocycles. The summed E-state index contributed by atoms with van der Waals surface area (Å²) < 4.78 is 10.6. The summed E-state index contributed by atoms with van der Waals surface area (Å²) in [5.41, 5.74) is -0.477. The topological polar surface area (TPSA) is 59.1 Å². The molecule has 0 aromatic carbocycles. The van der Waals surface area contributed by atoms with E-state index in [4.69, 9.17) is 9.47 Å². The molecule has 0 aromatic rings. The number of carbonyl (C=O) groups excluding carboxylic acids is 2.